The van der Waals surface area contributed by atoms with Crippen LogP contribution < -0.4 is 4.74 Å². The average Bonchev–Trinajstić information content (AvgIpc) is 2.75. The number of aryl methyl sites for hydroxylation is 1. The summed E-state index contributed by atoms with van der Waals surface area (Å²) in [5.74, 6) is 2.04. The van der Waals surface area contributed by atoms with Crippen LogP contribution in [0, 0.1) is 18.8 Å². The van der Waals surface area contributed by atoms with Gasteiger partial charge in [-0.3, -0.25) is 0 Å². The number of benzene rings is 1. The maximum atomic E-state index is 10.4. The molecule has 0 amide bonds. The van der Waals surface area contributed by atoms with Crippen LogP contribution in [-0.4, -0.2) is 12.2 Å². The summed E-state index contributed by atoms with van der Waals surface area (Å²) in [7, 11) is 1.67. The number of hydrogen-bond acceptors (Lipinski definition) is 2. The van der Waals surface area contributed by atoms with Gasteiger partial charge in [0, 0.05) is 0 Å². The first kappa shape index (κ1) is 12.4. The molecule has 0 radical (unpaired) electrons. The molecule has 3 atom stereocenters. The summed E-state index contributed by atoms with van der Waals surface area (Å²) in [4.78, 5) is 0. The summed E-state index contributed by atoms with van der Waals surface area (Å²) < 4.78 is 5.19. The number of ether oxygens (including phenoxy) is 1. The summed E-state index contributed by atoms with van der Waals surface area (Å²) in [6.07, 6.45) is 3.23. The van der Waals surface area contributed by atoms with Gasteiger partial charge in [-0.2, -0.15) is 0 Å². The molecule has 0 saturated heterocycles. The van der Waals surface area contributed by atoms with Gasteiger partial charge in [-0.05, 0) is 54.9 Å². The molecule has 1 aliphatic carbocycles. The van der Waals surface area contributed by atoms with E-state index in [0.717, 1.165) is 35.6 Å². The van der Waals surface area contributed by atoms with E-state index >= 15 is 0 Å². The number of hydrogen-bond donors (Lipinski definition) is 1. The van der Waals surface area contributed by atoms with Crippen LogP contribution >= 0.6 is 0 Å². The molecular formula is C15H22O2. The van der Waals surface area contributed by atoms with E-state index in [9.17, 15) is 5.11 Å². The van der Waals surface area contributed by atoms with Crippen LogP contribution in [0.3, 0.4) is 0 Å². The van der Waals surface area contributed by atoms with E-state index in [2.05, 4.69) is 6.92 Å². The largest absolute Gasteiger partial charge is 0.497 e. The van der Waals surface area contributed by atoms with Crippen molar-refractivity contribution in [3.63, 3.8) is 0 Å². The van der Waals surface area contributed by atoms with Crippen LogP contribution in [0.15, 0.2) is 18.2 Å². The smallest absolute Gasteiger partial charge is 0.119 e. The van der Waals surface area contributed by atoms with Gasteiger partial charge < -0.3 is 9.84 Å². The monoisotopic (exact) mass is 234 g/mol. The second-order valence-corrected chi connectivity index (χ2v) is 5.35. The van der Waals surface area contributed by atoms with E-state index in [-0.39, 0.29) is 6.10 Å². The number of rotatable bonds is 3. The SMILES string of the molecule is COc1ccc(C(O)C2CCC(C)C2)c(C)c1. The van der Waals surface area contributed by atoms with Gasteiger partial charge in [-0.1, -0.05) is 19.4 Å². The van der Waals surface area contributed by atoms with Crippen molar-refractivity contribution in [2.24, 2.45) is 11.8 Å². The van der Waals surface area contributed by atoms with E-state index in [4.69, 9.17) is 4.74 Å². The number of methoxy groups -OCH3 is 1. The predicted molar refractivity (Wildman–Crippen MR) is 69.2 cm³/mol. The summed E-state index contributed by atoms with van der Waals surface area (Å²) in [5, 5.41) is 10.4. The van der Waals surface area contributed by atoms with E-state index in [1.807, 2.05) is 25.1 Å². The summed E-state index contributed by atoms with van der Waals surface area (Å²) in [6, 6.07) is 5.93. The lowest BCUT2D eigenvalue weighted by atomic mass is 9.91. The second kappa shape index (κ2) is 5.09. The van der Waals surface area contributed by atoms with Crippen molar-refractivity contribution in [3.05, 3.63) is 29.3 Å². The highest BCUT2D eigenvalue weighted by Crippen LogP contribution is 2.39. The Hall–Kier alpha value is -1.02. The fourth-order valence-corrected chi connectivity index (χ4v) is 2.90. The van der Waals surface area contributed by atoms with E-state index in [1.165, 1.54) is 6.42 Å². The Morgan fingerprint density at radius 1 is 1.35 bits per heavy atom. The van der Waals surface area contributed by atoms with E-state index in [0.29, 0.717) is 5.92 Å². The second-order valence-electron chi connectivity index (χ2n) is 5.35. The first-order valence-corrected chi connectivity index (χ1v) is 6.44. The summed E-state index contributed by atoms with van der Waals surface area (Å²) >= 11 is 0. The molecule has 2 heteroatoms. The van der Waals surface area contributed by atoms with E-state index < -0.39 is 0 Å². The minimum Gasteiger partial charge on any atom is -0.497 e. The first-order valence-electron chi connectivity index (χ1n) is 6.44. The molecule has 1 fully saturated rings. The standard InChI is InChI=1S/C15H22O2/c1-10-4-5-12(8-10)15(16)14-7-6-13(17-3)9-11(14)2/h6-7,9-10,12,15-16H,4-5,8H2,1-3H3. The maximum Gasteiger partial charge on any atom is 0.119 e. The first-order chi connectivity index (χ1) is 8.11. The topological polar surface area (TPSA) is 29.5 Å². The Bertz CT molecular complexity index is 387. The van der Waals surface area contributed by atoms with Crippen LogP contribution in [-0.2, 0) is 0 Å². The molecule has 1 N–H and O–H groups in total. The fraction of sp³-hybridized carbons (Fsp3) is 0.600. The molecule has 0 bridgehead atoms. The van der Waals surface area contributed by atoms with Gasteiger partial charge in [-0.15, -0.1) is 0 Å². The highest BCUT2D eigenvalue weighted by atomic mass is 16.5. The summed E-state index contributed by atoms with van der Waals surface area (Å²) in [6.45, 7) is 4.31. The molecule has 1 aromatic rings. The molecule has 2 nitrogen and oxygen atoms in total. The maximum absolute atomic E-state index is 10.4. The molecule has 2 rings (SSSR count). The van der Waals surface area contributed by atoms with Crippen LogP contribution in [0.5, 0.6) is 5.75 Å². The molecule has 1 aliphatic rings. The molecule has 0 aliphatic heterocycles. The van der Waals surface area contributed by atoms with Crippen molar-refractivity contribution in [2.75, 3.05) is 7.11 Å². The Kier molecular flexibility index (Phi) is 3.72. The third kappa shape index (κ3) is 2.63. The predicted octanol–water partition coefficient (Wildman–Crippen LogP) is 3.47. The zero-order valence-electron chi connectivity index (χ0n) is 10.9. The third-order valence-corrected chi connectivity index (χ3v) is 3.98. The Balaban J connectivity index is 2.16. The van der Waals surface area contributed by atoms with Gasteiger partial charge in [0.15, 0.2) is 0 Å². The highest BCUT2D eigenvalue weighted by molar-refractivity contribution is 5.36. The quantitative estimate of drug-likeness (QED) is 0.867. The normalized spacial score (nSPS) is 25.9. The van der Waals surface area contributed by atoms with Crippen LogP contribution in [0.1, 0.15) is 43.4 Å². The lowest BCUT2D eigenvalue weighted by Crippen LogP contribution is -2.11. The molecule has 0 spiro atoms. The molecule has 1 saturated carbocycles. The van der Waals surface area contributed by atoms with Gasteiger partial charge in [0.1, 0.15) is 5.75 Å². The van der Waals surface area contributed by atoms with Gasteiger partial charge >= 0.3 is 0 Å². The highest BCUT2D eigenvalue weighted by Gasteiger charge is 2.29. The van der Waals surface area contributed by atoms with Gasteiger partial charge in [0.05, 0.1) is 13.2 Å². The van der Waals surface area contributed by atoms with Gasteiger partial charge in [-0.25, -0.2) is 0 Å². The molecule has 0 heterocycles. The third-order valence-electron chi connectivity index (χ3n) is 3.98. The van der Waals surface area contributed by atoms with Crippen molar-refractivity contribution in [1.29, 1.82) is 0 Å². The zero-order valence-corrected chi connectivity index (χ0v) is 10.9. The van der Waals surface area contributed by atoms with Crippen LogP contribution in [0.25, 0.3) is 0 Å². The molecule has 94 valence electrons. The Morgan fingerprint density at radius 3 is 2.65 bits per heavy atom. The molecule has 3 unspecified atom stereocenters. The van der Waals surface area contributed by atoms with Crippen molar-refractivity contribution in [2.45, 2.75) is 39.2 Å². The molecular weight excluding hydrogens is 212 g/mol. The van der Waals surface area contributed by atoms with Crippen molar-refractivity contribution < 1.29 is 9.84 Å². The lowest BCUT2D eigenvalue weighted by Gasteiger charge is -2.20. The average molecular weight is 234 g/mol. The van der Waals surface area contributed by atoms with Gasteiger partial charge in [0.2, 0.25) is 0 Å². The minimum atomic E-state index is -0.314. The molecule has 1 aromatic carbocycles. The van der Waals surface area contributed by atoms with E-state index in [1.54, 1.807) is 7.11 Å². The minimum absolute atomic E-state index is 0.314. The lowest BCUT2D eigenvalue weighted by molar-refractivity contribution is 0.109. The van der Waals surface area contributed by atoms with Gasteiger partial charge in [0.25, 0.3) is 0 Å². The van der Waals surface area contributed by atoms with Crippen LogP contribution in [0.2, 0.25) is 0 Å². The Labute approximate surface area is 104 Å². The number of aliphatic hydroxyl groups is 1. The molecule has 17 heavy (non-hydrogen) atoms. The summed E-state index contributed by atoms with van der Waals surface area (Å²) in [5.41, 5.74) is 2.18. The fourth-order valence-electron chi connectivity index (χ4n) is 2.90. The Morgan fingerprint density at radius 2 is 2.12 bits per heavy atom. The van der Waals surface area contributed by atoms with Crippen LogP contribution in [0.4, 0.5) is 0 Å². The molecule has 0 aromatic heterocycles. The van der Waals surface area contributed by atoms with Crippen molar-refractivity contribution in [1.82, 2.24) is 0 Å². The van der Waals surface area contributed by atoms with Crippen molar-refractivity contribution >= 4 is 0 Å². The zero-order chi connectivity index (χ0) is 12.4. The van der Waals surface area contributed by atoms with Crippen molar-refractivity contribution in [3.8, 4) is 5.75 Å². The number of aliphatic hydroxyl groups excluding tert-OH is 1.